The number of amides is 1. The number of benzene rings is 2. The summed E-state index contributed by atoms with van der Waals surface area (Å²) in [4.78, 5) is 42.8. The van der Waals surface area contributed by atoms with Gasteiger partial charge in [0.25, 0.3) is 0 Å². The van der Waals surface area contributed by atoms with E-state index in [1.54, 1.807) is 36.8 Å². The van der Waals surface area contributed by atoms with Crippen LogP contribution in [0.2, 0.25) is 0 Å². The molecule has 1 amide bonds. The molecular formula is C46H52F8N10O7. The van der Waals surface area contributed by atoms with E-state index in [2.05, 4.69) is 61.5 Å². The molecule has 0 unspecified atom stereocenters. The number of aliphatic carboxylic acids is 1. The third kappa shape index (κ3) is 15.0. The standard InChI is InChI=1S/C23H25F4N5O3.C16H20FN3O.C7H7F3N2O3/c1-32-11-9-22(10-12-32,17-13-34-20(29-17)15-5-7-16(24)8-6-15)14-28-19(33)4-2-3-18-30-21(35-31-18)23(25,26)27;1-20-8-6-16(11-18,7-9-20)14-10-21-15(19-14)12-2-4-13(17)5-3-12;8-7(9,10)6-11-4(12-15-6)2-1-3-5(13)14/h5-8,13H,2-4,9-12,14H2,1H3,(H,28,33);2-5,10H,6-9,11,18H2,1H3;1-3H2,(H,13,14). The second-order valence-corrected chi connectivity index (χ2v) is 17.4. The molecule has 71 heavy (non-hydrogen) atoms. The monoisotopic (exact) mass is 1010 g/mol. The molecule has 2 fully saturated rings. The minimum Gasteiger partial charge on any atom is -0.481 e. The summed E-state index contributed by atoms with van der Waals surface area (Å²) in [5, 5.41) is 17.6. The molecule has 4 N–H and O–H groups in total. The number of nitrogens with zero attached hydrogens (tertiary/aromatic N) is 8. The van der Waals surface area contributed by atoms with Crippen LogP contribution in [0.1, 0.15) is 86.2 Å². The summed E-state index contributed by atoms with van der Waals surface area (Å²) >= 11 is 0. The van der Waals surface area contributed by atoms with Gasteiger partial charge in [0.1, 0.15) is 24.2 Å². The Bertz CT molecular complexity index is 2620. The van der Waals surface area contributed by atoms with Crippen molar-refractivity contribution in [2.24, 2.45) is 5.73 Å². The second-order valence-electron chi connectivity index (χ2n) is 17.4. The van der Waals surface area contributed by atoms with E-state index in [0.717, 1.165) is 68.8 Å². The van der Waals surface area contributed by atoms with E-state index in [0.29, 0.717) is 30.4 Å². The van der Waals surface area contributed by atoms with Crippen LogP contribution in [0.3, 0.4) is 0 Å². The number of carbonyl (C=O) groups excluding carboxylic acids is 1. The molecule has 17 nitrogen and oxygen atoms in total. The van der Waals surface area contributed by atoms with Crippen molar-refractivity contribution in [1.82, 2.24) is 45.4 Å². The van der Waals surface area contributed by atoms with E-state index in [1.807, 2.05) is 7.05 Å². The summed E-state index contributed by atoms with van der Waals surface area (Å²) in [5.41, 5.74) is 8.57. The normalized spacial score (nSPS) is 16.1. The number of hydrogen-bond donors (Lipinski definition) is 3. The molecule has 2 saturated heterocycles. The number of aryl methyl sites for hydroxylation is 2. The number of halogens is 8. The van der Waals surface area contributed by atoms with Crippen LogP contribution in [0.5, 0.6) is 0 Å². The van der Waals surface area contributed by atoms with Gasteiger partial charge in [0, 0.05) is 60.7 Å². The average Bonchev–Trinajstić information content (AvgIpc) is 4.19. The predicted molar refractivity (Wildman–Crippen MR) is 235 cm³/mol. The number of nitrogens with one attached hydrogen (secondary N) is 1. The van der Waals surface area contributed by atoms with Crippen LogP contribution in [-0.4, -0.2) is 110 Å². The van der Waals surface area contributed by atoms with Gasteiger partial charge in [0.15, 0.2) is 11.6 Å². The molecule has 2 aliphatic rings. The van der Waals surface area contributed by atoms with E-state index in [9.17, 15) is 44.7 Å². The smallest absolute Gasteiger partial charge is 0.471 e. The quantitative estimate of drug-likeness (QED) is 0.0831. The van der Waals surface area contributed by atoms with E-state index in [-0.39, 0.29) is 73.1 Å². The van der Waals surface area contributed by atoms with E-state index >= 15 is 0 Å². The van der Waals surface area contributed by atoms with Gasteiger partial charge in [-0.3, -0.25) is 9.59 Å². The summed E-state index contributed by atoms with van der Waals surface area (Å²) in [5.74, 6) is -3.99. The molecule has 8 rings (SSSR count). The maximum absolute atomic E-state index is 13.3. The number of carboxylic acid groups (broad SMARTS) is 1. The van der Waals surface area contributed by atoms with E-state index in [4.69, 9.17) is 19.7 Å². The summed E-state index contributed by atoms with van der Waals surface area (Å²) < 4.78 is 119. The fourth-order valence-electron chi connectivity index (χ4n) is 7.77. The molecule has 0 radical (unpaired) electrons. The van der Waals surface area contributed by atoms with Gasteiger partial charge in [-0.05, 0) is 127 Å². The Labute approximate surface area is 401 Å². The highest BCUT2D eigenvalue weighted by Gasteiger charge is 2.41. The maximum atomic E-state index is 13.3. The Morgan fingerprint density at radius 2 is 1.07 bits per heavy atom. The summed E-state index contributed by atoms with van der Waals surface area (Å²) in [6, 6.07) is 12.0. The lowest BCUT2D eigenvalue weighted by Gasteiger charge is -2.39. The van der Waals surface area contributed by atoms with Crippen molar-refractivity contribution in [2.75, 3.05) is 53.4 Å². The lowest BCUT2D eigenvalue weighted by molar-refractivity contribution is -0.160. The van der Waals surface area contributed by atoms with Gasteiger partial charge in [-0.1, -0.05) is 10.3 Å². The number of oxazole rings is 2. The number of carbonyl (C=O) groups is 2. The van der Waals surface area contributed by atoms with E-state index in [1.165, 1.54) is 24.3 Å². The summed E-state index contributed by atoms with van der Waals surface area (Å²) in [7, 11) is 4.14. The Morgan fingerprint density at radius 1 is 0.662 bits per heavy atom. The van der Waals surface area contributed by atoms with Crippen LogP contribution in [0, 0.1) is 11.6 Å². The van der Waals surface area contributed by atoms with Crippen molar-refractivity contribution in [1.29, 1.82) is 0 Å². The minimum absolute atomic E-state index is 0.0475. The number of rotatable bonds is 15. The lowest BCUT2D eigenvalue weighted by atomic mass is 9.76. The highest BCUT2D eigenvalue weighted by Crippen LogP contribution is 2.37. The zero-order valence-corrected chi connectivity index (χ0v) is 38.7. The van der Waals surface area contributed by atoms with Crippen molar-refractivity contribution in [3.8, 4) is 22.9 Å². The van der Waals surface area contributed by atoms with Crippen LogP contribution in [0.15, 0.2) is 78.9 Å². The summed E-state index contributed by atoms with van der Waals surface area (Å²) in [6.07, 6.45) is -2.04. The van der Waals surface area contributed by atoms with Gasteiger partial charge in [-0.15, -0.1) is 0 Å². The minimum atomic E-state index is -4.69. The van der Waals surface area contributed by atoms with Crippen LogP contribution < -0.4 is 11.1 Å². The number of carboxylic acids is 1. The first-order valence-electron chi connectivity index (χ1n) is 22.5. The Kier molecular flexibility index (Phi) is 17.8. The first-order chi connectivity index (χ1) is 33.7. The molecule has 2 aromatic carbocycles. The average molecular weight is 1010 g/mol. The van der Waals surface area contributed by atoms with Gasteiger partial charge in [-0.2, -0.15) is 36.3 Å². The lowest BCUT2D eigenvalue weighted by Crippen LogP contribution is -2.48. The molecule has 6 aromatic rings. The largest absolute Gasteiger partial charge is 0.481 e. The zero-order valence-electron chi connectivity index (χ0n) is 38.7. The highest BCUT2D eigenvalue weighted by atomic mass is 19.4. The molecular weight excluding hydrogens is 957 g/mol. The van der Waals surface area contributed by atoms with Crippen molar-refractivity contribution in [2.45, 2.75) is 87.4 Å². The Morgan fingerprint density at radius 3 is 1.46 bits per heavy atom. The number of alkyl halides is 6. The van der Waals surface area contributed by atoms with Crippen LogP contribution in [0.4, 0.5) is 35.1 Å². The molecule has 25 heteroatoms. The SMILES string of the molecule is CN1CCC(CN)(c2coc(-c3ccc(F)cc3)n2)CC1.CN1CCC(CNC(=O)CCCc2noc(C(F)(F)F)n2)(c2coc(-c3ccc(F)cc3)n2)CC1.O=C(O)CCCc1noc(C(F)(F)F)n1. The van der Waals surface area contributed by atoms with Crippen molar-refractivity contribution >= 4 is 11.9 Å². The first-order valence-corrected chi connectivity index (χ1v) is 22.5. The van der Waals surface area contributed by atoms with Gasteiger partial charge in [-0.25, -0.2) is 18.7 Å². The van der Waals surface area contributed by atoms with Crippen LogP contribution in [0.25, 0.3) is 22.9 Å². The Balaban J connectivity index is 0.000000194. The maximum Gasteiger partial charge on any atom is 0.471 e. The molecule has 0 aliphatic carbocycles. The summed E-state index contributed by atoms with van der Waals surface area (Å²) in [6.45, 7) is 4.56. The number of aromatic nitrogens is 6. The molecule has 384 valence electrons. The fraction of sp³-hybridized carbons (Fsp3) is 0.478. The molecule has 0 spiro atoms. The molecule has 0 bridgehead atoms. The van der Waals surface area contributed by atoms with Gasteiger partial charge in [0.2, 0.25) is 17.7 Å². The number of likely N-dealkylation sites (tertiary alicyclic amines) is 2. The third-order valence-corrected chi connectivity index (χ3v) is 12.2. The molecule has 0 atom stereocenters. The first kappa shape index (κ1) is 53.7. The number of piperidine rings is 2. The highest BCUT2D eigenvalue weighted by molar-refractivity contribution is 5.76. The molecule has 6 heterocycles. The zero-order chi connectivity index (χ0) is 51.4. The van der Waals surface area contributed by atoms with Gasteiger partial charge < -0.3 is 43.8 Å². The van der Waals surface area contributed by atoms with Crippen molar-refractivity contribution < 1.29 is 67.7 Å². The van der Waals surface area contributed by atoms with Gasteiger partial charge in [0.05, 0.1) is 11.4 Å². The molecule has 4 aromatic heterocycles. The molecule has 2 aliphatic heterocycles. The fourth-order valence-corrected chi connectivity index (χ4v) is 7.77. The number of hydrogen-bond acceptors (Lipinski definition) is 15. The van der Waals surface area contributed by atoms with Gasteiger partial charge >= 0.3 is 30.1 Å². The Hall–Kier alpha value is -6.60. The van der Waals surface area contributed by atoms with Crippen LogP contribution in [-0.2, 0) is 45.6 Å². The third-order valence-electron chi connectivity index (χ3n) is 12.2. The topological polar surface area (TPSA) is 229 Å². The molecule has 0 saturated carbocycles. The van der Waals surface area contributed by atoms with Crippen molar-refractivity contribution in [3.05, 3.63) is 108 Å². The predicted octanol–water partition coefficient (Wildman–Crippen LogP) is 7.88. The second kappa shape index (κ2) is 23.5. The number of nitrogens with two attached hydrogens (primary N) is 1. The van der Waals surface area contributed by atoms with Crippen molar-refractivity contribution in [3.63, 3.8) is 0 Å². The van der Waals surface area contributed by atoms with E-state index < -0.39 is 35.5 Å². The van der Waals surface area contributed by atoms with Crippen LogP contribution >= 0.6 is 0 Å².